The van der Waals surface area contributed by atoms with E-state index in [1.165, 1.54) is 11.1 Å². The standard InChI is InChI=1S/C24H26N4O/c1-18(2)28(17-19-9-4-3-5-10-19)24-25-15-14-21(26-24)23(29)27-16-8-12-20-11-6-7-13-22(20)27/h3-7,9-11,13-15,18H,8,12,16-17H2,1-2H3. The van der Waals surface area contributed by atoms with Gasteiger partial charge in [0.2, 0.25) is 5.95 Å². The van der Waals surface area contributed by atoms with Gasteiger partial charge in [-0.25, -0.2) is 9.97 Å². The molecule has 2 heterocycles. The van der Waals surface area contributed by atoms with E-state index in [9.17, 15) is 4.79 Å². The maximum absolute atomic E-state index is 13.3. The highest BCUT2D eigenvalue weighted by Gasteiger charge is 2.25. The molecule has 0 saturated carbocycles. The first kappa shape index (κ1) is 19.1. The highest BCUT2D eigenvalue weighted by molar-refractivity contribution is 6.05. The Morgan fingerprint density at radius 2 is 1.83 bits per heavy atom. The van der Waals surface area contributed by atoms with E-state index in [-0.39, 0.29) is 11.9 Å². The second-order valence-corrected chi connectivity index (χ2v) is 7.64. The van der Waals surface area contributed by atoms with Crippen LogP contribution in [-0.4, -0.2) is 28.5 Å². The fourth-order valence-corrected chi connectivity index (χ4v) is 3.75. The molecule has 0 spiro atoms. The van der Waals surface area contributed by atoms with Gasteiger partial charge in [-0.15, -0.1) is 0 Å². The topological polar surface area (TPSA) is 49.3 Å². The fourth-order valence-electron chi connectivity index (χ4n) is 3.75. The maximum atomic E-state index is 13.3. The maximum Gasteiger partial charge on any atom is 0.277 e. The van der Waals surface area contributed by atoms with Crippen LogP contribution in [0.4, 0.5) is 11.6 Å². The Morgan fingerprint density at radius 3 is 2.62 bits per heavy atom. The molecule has 1 aliphatic heterocycles. The van der Waals surface area contributed by atoms with Crippen molar-refractivity contribution in [3.05, 3.63) is 83.7 Å². The molecule has 1 aliphatic rings. The molecule has 0 bridgehead atoms. The van der Waals surface area contributed by atoms with Crippen molar-refractivity contribution in [3.8, 4) is 0 Å². The quantitative estimate of drug-likeness (QED) is 0.648. The molecule has 4 rings (SSSR count). The smallest absolute Gasteiger partial charge is 0.277 e. The van der Waals surface area contributed by atoms with Gasteiger partial charge in [0.15, 0.2) is 0 Å². The Morgan fingerprint density at radius 1 is 1.07 bits per heavy atom. The Hall–Kier alpha value is -3.21. The van der Waals surface area contributed by atoms with Crippen molar-refractivity contribution < 1.29 is 4.79 Å². The highest BCUT2D eigenvalue weighted by atomic mass is 16.2. The fraction of sp³-hybridized carbons (Fsp3) is 0.292. The van der Waals surface area contributed by atoms with Gasteiger partial charge < -0.3 is 9.80 Å². The molecule has 1 aromatic heterocycles. The predicted octanol–water partition coefficient (Wildman–Crippen LogP) is 4.48. The lowest BCUT2D eigenvalue weighted by atomic mass is 10.0. The lowest BCUT2D eigenvalue weighted by Gasteiger charge is -2.30. The number of aromatic nitrogens is 2. The zero-order valence-electron chi connectivity index (χ0n) is 17.0. The second kappa shape index (κ2) is 8.43. The third-order valence-electron chi connectivity index (χ3n) is 5.29. The predicted molar refractivity (Wildman–Crippen MR) is 116 cm³/mol. The van der Waals surface area contributed by atoms with Crippen LogP contribution in [0.25, 0.3) is 0 Å². The van der Waals surface area contributed by atoms with Gasteiger partial charge in [-0.2, -0.15) is 0 Å². The summed E-state index contributed by atoms with van der Waals surface area (Å²) >= 11 is 0. The summed E-state index contributed by atoms with van der Waals surface area (Å²) in [6.07, 6.45) is 3.66. The zero-order valence-corrected chi connectivity index (χ0v) is 17.0. The van der Waals surface area contributed by atoms with E-state index in [1.54, 1.807) is 12.3 Å². The minimum absolute atomic E-state index is 0.0655. The molecular formula is C24H26N4O. The van der Waals surface area contributed by atoms with Gasteiger partial charge in [0.25, 0.3) is 5.91 Å². The van der Waals surface area contributed by atoms with Crippen LogP contribution < -0.4 is 9.80 Å². The third kappa shape index (κ3) is 4.14. The van der Waals surface area contributed by atoms with E-state index in [1.807, 2.05) is 41.3 Å². The van der Waals surface area contributed by atoms with Crippen molar-refractivity contribution in [1.82, 2.24) is 9.97 Å². The lowest BCUT2D eigenvalue weighted by molar-refractivity contribution is 0.0980. The van der Waals surface area contributed by atoms with Crippen molar-refractivity contribution in [2.75, 3.05) is 16.3 Å². The molecule has 2 aromatic carbocycles. The molecule has 0 aliphatic carbocycles. The van der Waals surface area contributed by atoms with Gasteiger partial charge in [-0.05, 0) is 49.9 Å². The molecule has 29 heavy (non-hydrogen) atoms. The number of hydrogen-bond acceptors (Lipinski definition) is 4. The van der Waals surface area contributed by atoms with Crippen LogP contribution in [0, 0.1) is 0 Å². The number of carbonyl (C=O) groups excluding carboxylic acids is 1. The average molecular weight is 386 g/mol. The number of fused-ring (bicyclic) bond motifs is 1. The summed E-state index contributed by atoms with van der Waals surface area (Å²) in [5.41, 5.74) is 3.83. The normalized spacial score (nSPS) is 13.3. The molecule has 3 aromatic rings. The van der Waals surface area contributed by atoms with Gasteiger partial charge in [0.1, 0.15) is 5.69 Å². The van der Waals surface area contributed by atoms with Crippen molar-refractivity contribution in [2.45, 2.75) is 39.3 Å². The first-order valence-corrected chi connectivity index (χ1v) is 10.2. The first-order chi connectivity index (χ1) is 14.1. The van der Waals surface area contributed by atoms with E-state index in [0.717, 1.165) is 18.5 Å². The molecule has 0 unspecified atom stereocenters. The Kier molecular flexibility index (Phi) is 5.56. The molecular weight excluding hydrogens is 360 g/mol. The van der Waals surface area contributed by atoms with Crippen LogP contribution in [0.15, 0.2) is 66.9 Å². The van der Waals surface area contributed by atoms with Crippen molar-refractivity contribution in [1.29, 1.82) is 0 Å². The summed E-state index contributed by atoms with van der Waals surface area (Å²) < 4.78 is 0. The second-order valence-electron chi connectivity index (χ2n) is 7.64. The summed E-state index contributed by atoms with van der Waals surface area (Å²) in [6, 6.07) is 20.3. The lowest BCUT2D eigenvalue weighted by Crippen LogP contribution is -2.37. The van der Waals surface area contributed by atoms with Crippen molar-refractivity contribution >= 4 is 17.5 Å². The van der Waals surface area contributed by atoms with Gasteiger partial charge in [-0.3, -0.25) is 4.79 Å². The number of nitrogens with zero attached hydrogens (tertiary/aromatic N) is 4. The summed E-state index contributed by atoms with van der Waals surface area (Å²) in [7, 11) is 0. The molecule has 0 fully saturated rings. The number of hydrogen-bond donors (Lipinski definition) is 0. The molecule has 0 radical (unpaired) electrons. The van der Waals surface area contributed by atoms with Crippen LogP contribution >= 0.6 is 0 Å². The Labute approximate surface area is 172 Å². The summed E-state index contributed by atoms with van der Waals surface area (Å²) in [5.74, 6) is 0.518. The van der Waals surface area contributed by atoms with E-state index >= 15 is 0 Å². The molecule has 0 atom stereocenters. The molecule has 1 amide bonds. The van der Waals surface area contributed by atoms with Gasteiger partial charge in [0, 0.05) is 31.0 Å². The minimum Gasteiger partial charge on any atom is -0.334 e. The van der Waals surface area contributed by atoms with Crippen molar-refractivity contribution in [3.63, 3.8) is 0 Å². The van der Waals surface area contributed by atoms with Gasteiger partial charge in [0.05, 0.1) is 0 Å². The molecule has 5 heteroatoms. The van der Waals surface area contributed by atoms with E-state index in [4.69, 9.17) is 0 Å². The van der Waals surface area contributed by atoms with Gasteiger partial charge >= 0.3 is 0 Å². The summed E-state index contributed by atoms with van der Waals surface area (Å²) in [5, 5.41) is 0. The van der Waals surface area contributed by atoms with Crippen LogP contribution in [0.5, 0.6) is 0 Å². The number of para-hydroxylation sites is 1. The largest absolute Gasteiger partial charge is 0.334 e. The van der Waals surface area contributed by atoms with Crippen LogP contribution in [-0.2, 0) is 13.0 Å². The number of amides is 1. The van der Waals surface area contributed by atoms with Crippen LogP contribution in [0.3, 0.4) is 0 Å². The summed E-state index contributed by atoms with van der Waals surface area (Å²) in [6.45, 7) is 5.64. The van der Waals surface area contributed by atoms with Gasteiger partial charge in [-0.1, -0.05) is 48.5 Å². The van der Waals surface area contributed by atoms with Crippen LogP contribution in [0.1, 0.15) is 41.9 Å². The summed E-state index contributed by atoms with van der Waals surface area (Å²) in [4.78, 5) is 26.4. The first-order valence-electron chi connectivity index (χ1n) is 10.2. The molecule has 0 saturated heterocycles. The number of carbonyl (C=O) groups is 1. The SMILES string of the molecule is CC(C)N(Cc1ccccc1)c1nccc(C(=O)N2CCCc3ccccc32)n1. The van der Waals surface area contributed by atoms with E-state index < -0.39 is 0 Å². The Bertz CT molecular complexity index is 987. The van der Waals surface area contributed by atoms with Crippen LogP contribution in [0.2, 0.25) is 0 Å². The zero-order chi connectivity index (χ0) is 20.2. The average Bonchev–Trinajstić information content (AvgIpc) is 2.77. The van der Waals surface area contributed by atoms with E-state index in [0.29, 0.717) is 24.7 Å². The van der Waals surface area contributed by atoms with Crippen molar-refractivity contribution in [2.24, 2.45) is 0 Å². The molecule has 5 nitrogen and oxygen atoms in total. The molecule has 0 N–H and O–H groups in total. The highest BCUT2D eigenvalue weighted by Crippen LogP contribution is 2.28. The number of anilines is 2. The number of benzene rings is 2. The third-order valence-corrected chi connectivity index (χ3v) is 5.29. The monoisotopic (exact) mass is 386 g/mol. The number of aryl methyl sites for hydroxylation is 1. The Balaban J connectivity index is 1.62. The molecule has 148 valence electrons. The number of rotatable bonds is 5. The minimum atomic E-state index is -0.0655. The van der Waals surface area contributed by atoms with E-state index in [2.05, 4.69) is 46.9 Å².